The van der Waals surface area contributed by atoms with Crippen molar-refractivity contribution in [3.05, 3.63) is 70.1 Å². The molecule has 3 aromatic rings. The van der Waals surface area contributed by atoms with Crippen LogP contribution in [0.2, 0.25) is 0 Å². The van der Waals surface area contributed by atoms with Gasteiger partial charge in [0.25, 0.3) is 11.8 Å². The summed E-state index contributed by atoms with van der Waals surface area (Å²) < 4.78 is 10.8. The van der Waals surface area contributed by atoms with Gasteiger partial charge in [0.05, 0.1) is 0 Å². The number of nitrogens with zero attached hydrogens (tertiary/aromatic N) is 1. The molecule has 2 aromatic carbocycles. The minimum absolute atomic E-state index is 0.151. The van der Waals surface area contributed by atoms with Crippen molar-refractivity contribution >= 4 is 28.5 Å². The van der Waals surface area contributed by atoms with Gasteiger partial charge in [-0.1, -0.05) is 19.4 Å². The normalized spacial score (nSPS) is 10.6. The molecule has 7 heteroatoms. The Balaban J connectivity index is 1.68. The molecule has 0 aliphatic carbocycles. The van der Waals surface area contributed by atoms with Crippen LogP contribution in [0.15, 0.2) is 57.7 Å². The number of carbonyl (C=O) groups excluding carboxylic acids is 2. The average Bonchev–Trinajstić information content (AvgIpc) is 2.71. The van der Waals surface area contributed by atoms with E-state index in [1.807, 2.05) is 13.0 Å². The summed E-state index contributed by atoms with van der Waals surface area (Å²) in [6, 6.07) is 13.4. The molecule has 156 valence electrons. The zero-order valence-corrected chi connectivity index (χ0v) is 17.2. The Labute approximate surface area is 174 Å². The second-order valence-corrected chi connectivity index (χ2v) is 7.12. The quantitative estimate of drug-likeness (QED) is 0.605. The summed E-state index contributed by atoms with van der Waals surface area (Å²) in [5.74, 6) is -0.0980. The largest absolute Gasteiger partial charge is 0.484 e. The van der Waals surface area contributed by atoms with E-state index < -0.39 is 5.63 Å². The summed E-state index contributed by atoms with van der Waals surface area (Å²) in [4.78, 5) is 37.5. The average molecular weight is 408 g/mol. The molecule has 0 atom stereocenters. The molecule has 2 amide bonds. The van der Waals surface area contributed by atoms with Gasteiger partial charge in [0.2, 0.25) is 0 Å². The standard InChI is InChI=1S/C23H24N2O5/c1-4-6-15-12-22(27)30-20-13-18(9-10-19(15)20)29-14-21(26)24-17-8-5-7-16(11-17)23(28)25(2)3/h5,7-13H,4,6,14H2,1-3H3,(H,24,26). The second kappa shape index (κ2) is 9.26. The van der Waals surface area contributed by atoms with Crippen molar-refractivity contribution in [2.45, 2.75) is 19.8 Å². The first kappa shape index (κ1) is 21.1. The zero-order valence-electron chi connectivity index (χ0n) is 17.2. The van der Waals surface area contributed by atoms with Crippen molar-refractivity contribution in [3.63, 3.8) is 0 Å². The molecule has 0 unspecified atom stereocenters. The van der Waals surface area contributed by atoms with Crippen LogP contribution >= 0.6 is 0 Å². The predicted octanol–water partition coefficient (Wildman–Crippen LogP) is 3.46. The van der Waals surface area contributed by atoms with Crippen LogP contribution in [0.3, 0.4) is 0 Å². The number of rotatable bonds is 7. The number of benzene rings is 2. The van der Waals surface area contributed by atoms with Gasteiger partial charge in [0.1, 0.15) is 11.3 Å². The fourth-order valence-corrected chi connectivity index (χ4v) is 3.11. The number of aryl methyl sites for hydroxylation is 1. The van der Waals surface area contributed by atoms with Crippen LogP contribution in [0.25, 0.3) is 11.0 Å². The number of amides is 2. The minimum atomic E-state index is -0.409. The topological polar surface area (TPSA) is 88.8 Å². The molecule has 30 heavy (non-hydrogen) atoms. The molecule has 0 radical (unpaired) electrons. The van der Waals surface area contributed by atoms with Crippen LogP contribution in [0.1, 0.15) is 29.3 Å². The molecular formula is C23H24N2O5. The number of ether oxygens (including phenoxy) is 1. The predicted molar refractivity (Wildman–Crippen MR) is 115 cm³/mol. The summed E-state index contributed by atoms with van der Waals surface area (Å²) in [7, 11) is 3.33. The molecule has 0 fully saturated rings. The Kier molecular flexibility index (Phi) is 6.51. The first-order valence-corrected chi connectivity index (χ1v) is 9.68. The first-order valence-electron chi connectivity index (χ1n) is 9.68. The molecule has 3 rings (SSSR count). The van der Waals surface area contributed by atoms with Gasteiger partial charge >= 0.3 is 5.63 Å². The third-order valence-corrected chi connectivity index (χ3v) is 4.49. The smallest absolute Gasteiger partial charge is 0.336 e. The fraction of sp³-hybridized carbons (Fsp3) is 0.261. The van der Waals surface area contributed by atoms with E-state index in [0.29, 0.717) is 22.6 Å². The van der Waals surface area contributed by atoms with E-state index in [0.717, 1.165) is 23.8 Å². The highest BCUT2D eigenvalue weighted by atomic mass is 16.5. The van der Waals surface area contributed by atoms with Gasteiger partial charge in [-0.15, -0.1) is 0 Å². The van der Waals surface area contributed by atoms with Crippen LogP contribution in [0.4, 0.5) is 5.69 Å². The summed E-state index contributed by atoms with van der Waals surface area (Å²) in [5.41, 5.74) is 1.93. The lowest BCUT2D eigenvalue weighted by molar-refractivity contribution is -0.118. The number of hydrogen-bond acceptors (Lipinski definition) is 5. The minimum Gasteiger partial charge on any atom is -0.484 e. The third-order valence-electron chi connectivity index (χ3n) is 4.49. The first-order chi connectivity index (χ1) is 14.4. The molecule has 0 saturated heterocycles. The lowest BCUT2D eigenvalue weighted by Gasteiger charge is -2.12. The third kappa shape index (κ3) is 5.05. The van der Waals surface area contributed by atoms with Gasteiger partial charge in [-0.2, -0.15) is 0 Å². The van der Waals surface area contributed by atoms with Crippen molar-refractivity contribution in [2.75, 3.05) is 26.0 Å². The van der Waals surface area contributed by atoms with Crippen molar-refractivity contribution < 1.29 is 18.7 Å². The van der Waals surface area contributed by atoms with E-state index in [4.69, 9.17) is 9.15 Å². The van der Waals surface area contributed by atoms with Crippen molar-refractivity contribution in [2.24, 2.45) is 0 Å². The Morgan fingerprint density at radius 3 is 2.63 bits per heavy atom. The molecule has 1 aromatic heterocycles. The maximum Gasteiger partial charge on any atom is 0.336 e. The number of fused-ring (bicyclic) bond motifs is 1. The number of nitrogens with one attached hydrogen (secondary N) is 1. The molecule has 0 spiro atoms. The van der Waals surface area contributed by atoms with E-state index in [-0.39, 0.29) is 18.4 Å². The van der Waals surface area contributed by atoms with Gasteiger partial charge in [-0.05, 0) is 42.3 Å². The zero-order chi connectivity index (χ0) is 21.7. The summed E-state index contributed by atoms with van der Waals surface area (Å²) in [6.45, 7) is 1.82. The number of hydrogen-bond donors (Lipinski definition) is 1. The van der Waals surface area contributed by atoms with Crippen molar-refractivity contribution in [1.82, 2.24) is 4.90 Å². The number of carbonyl (C=O) groups is 2. The van der Waals surface area contributed by atoms with Crippen molar-refractivity contribution in [1.29, 1.82) is 0 Å². The molecule has 0 saturated carbocycles. The summed E-state index contributed by atoms with van der Waals surface area (Å²) >= 11 is 0. The van der Waals surface area contributed by atoms with Gasteiger partial charge in [-0.25, -0.2) is 4.79 Å². The maximum absolute atomic E-state index is 12.3. The summed E-state index contributed by atoms with van der Waals surface area (Å²) in [6.07, 6.45) is 1.69. The van der Waals surface area contributed by atoms with E-state index in [1.165, 1.54) is 11.0 Å². The molecule has 0 aliphatic heterocycles. The van der Waals surface area contributed by atoms with Gasteiger partial charge in [0.15, 0.2) is 6.61 Å². The highest BCUT2D eigenvalue weighted by molar-refractivity contribution is 5.97. The molecule has 1 heterocycles. The lowest BCUT2D eigenvalue weighted by atomic mass is 10.1. The van der Waals surface area contributed by atoms with E-state index in [1.54, 1.807) is 50.5 Å². The maximum atomic E-state index is 12.3. The Bertz CT molecular complexity index is 1130. The highest BCUT2D eigenvalue weighted by Crippen LogP contribution is 2.23. The van der Waals surface area contributed by atoms with Gasteiger partial charge < -0.3 is 19.4 Å². The van der Waals surface area contributed by atoms with Crippen LogP contribution in [-0.2, 0) is 11.2 Å². The Morgan fingerprint density at radius 1 is 1.10 bits per heavy atom. The lowest BCUT2D eigenvalue weighted by Crippen LogP contribution is -2.23. The molecule has 7 nitrogen and oxygen atoms in total. The van der Waals surface area contributed by atoms with E-state index in [9.17, 15) is 14.4 Å². The Morgan fingerprint density at radius 2 is 1.90 bits per heavy atom. The van der Waals surface area contributed by atoms with Crippen LogP contribution in [0.5, 0.6) is 5.75 Å². The SMILES string of the molecule is CCCc1cc(=O)oc2cc(OCC(=O)Nc3cccc(C(=O)N(C)C)c3)ccc12. The van der Waals surface area contributed by atoms with Gasteiger partial charge in [-0.3, -0.25) is 9.59 Å². The molecule has 0 bridgehead atoms. The second-order valence-electron chi connectivity index (χ2n) is 7.12. The molecule has 1 N–H and O–H groups in total. The van der Waals surface area contributed by atoms with E-state index >= 15 is 0 Å². The number of anilines is 1. The summed E-state index contributed by atoms with van der Waals surface area (Å²) in [5, 5.41) is 3.57. The monoisotopic (exact) mass is 408 g/mol. The van der Waals surface area contributed by atoms with Crippen LogP contribution in [0, 0.1) is 0 Å². The van der Waals surface area contributed by atoms with Crippen LogP contribution < -0.4 is 15.7 Å². The van der Waals surface area contributed by atoms with Crippen molar-refractivity contribution in [3.8, 4) is 5.75 Å². The molecular weight excluding hydrogens is 384 g/mol. The fourth-order valence-electron chi connectivity index (χ4n) is 3.11. The Hall–Kier alpha value is -3.61. The van der Waals surface area contributed by atoms with Crippen LogP contribution in [-0.4, -0.2) is 37.4 Å². The van der Waals surface area contributed by atoms with E-state index in [2.05, 4.69) is 5.32 Å². The molecule has 0 aliphatic rings. The van der Waals surface area contributed by atoms with Gasteiger partial charge in [0, 0.05) is 42.9 Å². The highest BCUT2D eigenvalue weighted by Gasteiger charge is 2.11.